The number of carbonyl (C=O) groups excluding carboxylic acids is 2. The third-order valence-electron chi connectivity index (χ3n) is 4.16. The molecule has 5 heteroatoms. The normalized spacial score (nSPS) is 26.4. The quantitative estimate of drug-likeness (QED) is 0.741. The van der Waals surface area contributed by atoms with Gasteiger partial charge in [0.05, 0.1) is 12.5 Å². The number of hydrogen-bond acceptors (Lipinski definition) is 4. The summed E-state index contributed by atoms with van der Waals surface area (Å²) in [5.74, 6) is -0.0416. The Kier molecular flexibility index (Phi) is 4.93. The fraction of sp³-hybridized carbons (Fsp3) is 0.857. The maximum atomic E-state index is 12.1. The minimum absolute atomic E-state index is 0.0182. The molecule has 0 saturated carbocycles. The van der Waals surface area contributed by atoms with E-state index >= 15 is 0 Å². The first-order chi connectivity index (χ1) is 9.15. The summed E-state index contributed by atoms with van der Waals surface area (Å²) in [4.78, 5) is 27.7. The van der Waals surface area contributed by atoms with Crippen LogP contribution in [0.5, 0.6) is 0 Å². The monoisotopic (exact) mass is 267 g/mol. The van der Waals surface area contributed by atoms with Crippen LogP contribution in [0.25, 0.3) is 0 Å². The van der Waals surface area contributed by atoms with Crippen molar-refractivity contribution in [1.29, 1.82) is 0 Å². The summed E-state index contributed by atoms with van der Waals surface area (Å²) in [6.45, 7) is 7.99. The highest BCUT2D eigenvalue weighted by Crippen LogP contribution is 2.17. The first kappa shape index (κ1) is 14.5. The van der Waals surface area contributed by atoms with Crippen LogP contribution >= 0.6 is 0 Å². The van der Waals surface area contributed by atoms with Crippen molar-refractivity contribution in [2.24, 2.45) is 0 Å². The number of nitrogens with zero attached hydrogens (tertiary/aromatic N) is 2. The van der Waals surface area contributed by atoms with Crippen molar-refractivity contribution in [3.8, 4) is 0 Å². The average molecular weight is 267 g/mol. The molecule has 1 atom stereocenters. The van der Waals surface area contributed by atoms with Crippen molar-refractivity contribution in [3.05, 3.63) is 0 Å². The molecule has 0 spiro atoms. The van der Waals surface area contributed by atoms with Gasteiger partial charge in [-0.2, -0.15) is 0 Å². The van der Waals surface area contributed by atoms with Crippen LogP contribution in [0.4, 0.5) is 0 Å². The van der Waals surface area contributed by atoms with Gasteiger partial charge in [0.2, 0.25) is 11.8 Å². The van der Waals surface area contributed by atoms with E-state index in [1.54, 1.807) is 0 Å². The zero-order chi connectivity index (χ0) is 13.8. The van der Waals surface area contributed by atoms with Crippen LogP contribution in [-0.2, 0) is 9.59 Å². The number of likely N-dealkylation sites (tertiary alicyclic amines) is 2. The van der Waals surface area contributed by atoms with Gasteiger partial charge in [-0.3, -0.25) is 14.5 Å². The molecule has 0 aromatic heterocycles. The Balaban J connectivity index is 1.84. The second-order valence-corrected chi connectivity index (χ2v) is 5.52. The molecule has 19 heavy (non-hydrogen) atoms. The Morgan fingerprint density at radius 1 is 1.21 bits per heavy atom. The highest BCUT2D eigenvalue weighted by molar-refractivity contribution is 6.05. The molecule has 2 amide bonds. The molecule has 2 rings (SSSR count). The molecule has 0 aromatic carbocycles. The molecule has 2 saturated heterocycles. The molecule has 2 aliphatic heterocycles. The van der Waals surface area contributed by atoms with E-state index < -0.39 is 0 Å². The van der Waals surface area contributed by atoms with Crippen LogP contribution in [0.1, 0.15) is 39.5 Å². The fourth-order valence-electron chi connectivity index (χ4n) is 2.97. The summed E-state index contributed by atoms with van der Waals surface area (Å²) in [6, 6.07) is 0.100. The Bertz CT molecular complexity index is 338. The minimum atomic E-state index is -0.280. The summed E-state index contributed by atoms with van der Waals surface area (Å²) in [7, 11) is 0. The smallest absolute Gasteiger partial charge is 0.246 e. The van der Waals surface area contributed by atoms with Gasteiger partial charge in [-0.25, -0.2) is 0 Å². The van der Waals surface area contributed by atoms with Crippen LogP contribution in [0.2, 0.25) is 0 Å². The van der Waals surface area contributed by atoms with Crippen LogP contribution in [0.15, 0.2) is 0 Å². The maximum absolute atomic E-state index is 12.1. The van der Waals surface area contributed by atoms with Gasteiger partial charge in [-0.15, -0.1) is 0 Å². The first-order valence-corrected chi connectivity index (χ1v) is 7.48. The highest BCUT2D eigenvalue weighted by atomic mass is 16.2. The molecule has 2 fully saturated rings. The molecule has 1 N–H and O–H groups in total. The van der Waals surface area contributed by atoms with E-state index in [2.05, 4.69) is 17.1 Å². The molecule has 0 aliphatic carbocycles. The number of hydrogen-bond donors (Lipinski definition) is 1. The molecule has 5 nitrogen and oxygen atoms in total. The third kappa shape index (κ3) is 3.34. The van der Waals surface area contributed by atoms with Crippen molar-refractivity contribution in [2.45, 2.75) is 51.6 Å². The number of nitrogens with one attached hydrogen (secondary N) is 1. The van der Waals surface area contributed by atoms with Gasteiger partial charge >= 0.3 is 0 Å². The predicted molar refractivity (Wildman–Crippen MR) is 73.7 cm³/mol. The summed E-state index contributed by atoms with van der Waals surface area (Å²) >= 11 is 0. The average Bonchev–Trinajstić information content (AvgIpc) is 2.68. The van der Waals surface area contributed by atoms with Crippen LogP contribution < -0.4 is 5.32 Å². The largest absolute Gasteiger partial charge is 0.303 e. The van der Waals surface area contributed by atoms with E-state index in [1.165, 1.54) is 4.90 Å². The topological polar surface area (TPSA) is 52.7 Å². The van der Waals surface area contributed by atoms with Gasteiger partial charge in [0.15, 0.2) is 0 Å². The van der Waals surface area contributed by atoms with Crippen molar-refractivity contribution in [2.75, 3.05) is 26.2 Å². The molecule has 0 aromatic rings. The van der Waals surface area contributed by atoms with Gasteiger partial charge in [0.25, 0.3) is 0 Å². The Morgan fingerprint density at radius 2 is 1.89 bits per heavy atom. The van der Waals surface area contributed by atoms with E-state index in [4.69, 9.17) is 0 Å². The lowest BCUT2D eigenvalue weighted by Crippen LogP contribution is -2.48. The van der Waals surface area contributed by atoms with E-state index in [0.29, 0.717) is 19.0 Å². The number of amides is 2. The molecule has 108 valence electrons. The Labute approximate surface area is 115 Å². The predicted octanol–water partition coefficient (Wildman–Crippen LogP) is 0.598. The molecular formula is C14H25N3O2. The summed E-state index contributed by atoms with van der Waals surface area (Å²) in [5, 5.41) is 3.39. The minimum Gasteiger partial charge on any atom is -0.303 e. The zero-order valence-electron chi connectivity index (χ0n) is 12.0. The maximum Gasteiger partial charge on any atom is 0.246 e. The SMILES string of the molecule is CCCN1C(=O)CC(NC2CCN(CC)CC2)C1=O. The summed E-state index contributed by atoms with van der Waals surface area (Å²) < 4.78 is 0. The number of piperidine rings is 1. The van der Waals surface area contributed by atoms with Gasteiger partial charge in [0, 0.05) is 12.6 Å². The van der Waals surface area contributed by atoms with Crippen LogP contribution in [-0.4, -0.2) is 59.9 Å². The molecule has 0 radical (unpaired) electrons. The first-order valence-electron chi connectivity index (χ1n) is 7.48. The van der Waals surface area contributed by atoms with Gasteiger partial charge in [-0.05, 0) is 38.9 Å². The van der Waals surface area contributed by atoms with E-state index in [0.717, 1.165) is 38.9 Å². The van der Waals surface area contributed by atoms with E-state index in [9.17, 15) is 9.59 Å². The number of imide groups is 1. The summed E-state index contributed by atoms with van der Waals surface area (Å²) in [5.41, 5.74) is 0. The third-order valence-corrected chi connectivity index (χ3v) is 4.16. The fourth-order valence-corrected chi connectivity index (χ4v) is 2.97. The second-order valence-electron chi connectivity index (χ2n) is 5.52. The Morgan fingerprint density at radius 3 is 2.47 bits per heavy atom. The molecule has 2 aliphatic rings. The van der Waals surface area contributed by atoms with Crippen molar-refractivity contribution >= 4 is 11.8 Å². The van der Waals surface area contributed by atoms with Crippen molar-refractivity contribution in [3.63, 3.8) is 0 Å². The number of carbonyl (C=O) groups is 2. The zero-order valence-corrected chi connectivity index (χ0v) is 12.0. The van der Waals surface area contributed by atoms with E-state index in [1.807, 2.05) is 6.92 Å². The Hall–Kier alpha value is -0.940. The van der Waals surface area contributed by atoms with Crippen LogP contribution in [0.3, 0.4) is 0 Å². The molecule has 1 unspecified atom stereocenters. The van der Waals surface area contributed by atoms with Crippen molar-refractivity contribution < 1.29 is 9.59 Å². The highest BCUT2D eigenvalue weighted by Gasteiger charge is 2.39. The molecule has 2 heterocycles. The lowest BCUT2D eigenvalue weighted by molar-refractivity contribution is -0.138. The second kappa shape index (κ2) is 6.48. The molecule has 0 bridgehead atoms. The van der Waals surface area contributed by atoms with E-state index in [-0.39, 0.29) is 17.9 Å². The van der Waals surface area contributed by atoms with Gasteiger partial charge in [-0.1, -0.05) is 13.8 Å². The van der Waals surface area contributed by atoms with Crippen LogP contribution in [0, 0.1) is 0 Å². The van der Waals surface area contributed by atoms with Gasteiger partial charge in [0.1, 0.15) is 0 Å². The van der Waals surface area contributed by atoms with Gasteiger partial charge < -0.3 is 10.2 Å². The lowest BCUT2D eigenvalue weighted by Gasteiger charge is -2.32. The standard InChI is InChI=1S/C14H25N3O2/c1-3-7-17-13(18)10-12(14(17)19)15-11-5-8-16(4-2)9-6-11/h11-12,15H,3-10H2,1-2H3. The summed E-state index contributed by atoms with van der Waals surface area (Å²) in [6.07, 6.45) is 3.31. The lowest BCUT2D eigenvalue weighted by atomic mass is 10.0. The van der Waals surface area contributed by atoms with Crippen molar-refractivity contribution in [1.82, 2.24) is 15.1 Å². The number of rotatable bonds is 5. The molecular weight excluding hydrogens is 242 g/mol.